The number of hydrogen-bond acceptors (Lipinski definition) is 3. The molecule has 31 heavy (non-hydrogen) atoms. The van der Waals surface area contributed by atoms with Crippen molar-refractivity contribution >= 4 is 22.9 Å². The van der Waals surface area contributed by atoms with Crippen LogP contribution in [0.25, 0.3) is 5.57 Å². The Labute approximate surface area is 183 Å². The van der Waals surface area contributed by atoms with Crippen molar-refractivity contribution in [3.63, 3.8) is 0 Å². The molecule has 0 unspecified atom stereocenters. The minimum absolute atomic E-state index is 0.308. The maximum absolute atomic E-state index is 10.9. The Morgan fingerprint density at radius 2 is 1.65 bits per heavy atom. The summed E-state index contributed by atoms with van der Waals surface area (Å²) in [5.41, 5.74) is 8.55. The lowest BCUT2D eigenvalue weighted by molar-refractivity contribution is -0.139. The molecule has 0 atom stereocenters. The van der Waals surface area contributed by atoms with E-state index in [1.54, 1.807) is 0 Å². The molecule has 1 aliphatic rings. The second-order valence-electron chi connectivity index (χ2n) is 7.91. The molecular weight excluding hydrogens is 386 g/mol. The van der Waals surface area contributed by atoms with Gasteiger partial charge in [0.05, 0.1) is 0 Å². The van der Waals surface area contributed by atoms with Crippen LogP contribution in [0.5, 0.6) is 5.75 Å². The quantitative estimate of drug-likeness (QED) is 0.458. The highest BCUT2D eigenvalue weighted by atomic mass is 16.5. The Hall–Kier alpha value is -3.53. The number of aliphatic carboxylic acids is 1. The summed E-state index contributed by atoms with van der Waals surface area (Å²) in [6.45, 7) is 1.90. The van der Waals surface area contributed by atoms with Gasteiger partial charge in [0.15, 0.2) is 6.61 Å². The molecule has 4 nitrogen and oxygen atoms in total. The number of benzene rings is 3. The van der Waals surface area contributed by atoms with Gasteiger partial charge < -0.3 is 15.2 Å². The minimum atomic E-state index is -0.953. The van der Waals surface area contributed by atoms with Crippen molar-refractivity contribution in [2.75, 3.05) is 11.9 Å². The molecule has 0 aromatic heterocycles. The fourth-order valence-electron chi connectivity index (χ4n) is 4.13. The molecule has 0 bridgehead atoms. The van der Waals surface area contributed by atoms with Crippen LogP contribution in [0.15, 0.2) is 78.4 Å². The van der Waals surface area contributed by atoms with Crippen LogP contribution in [-0.2, 0) is 17.6 Å². The normalized spacial score (nSPS) is 12.9. The topological polar surface area (TPSA) is 58.6 Å². The molecule has 3 aromatic carbocycles. The third-order valence-corrected chi connectivity index (χ3v) is 5.75. The standard InChI is InChI=1S/C27H27NO3/c1-19-10-16-25-24(8-5-9-26(25)31-18-27(29)30)23(19)17-13-20-11-14-22(15-12-20)28-21-6-3-2-4-7-21/h2-9,11-12,14-15,28H,10,13,16-18H2,1H3,(H,29,30). The Balaban J connectivity index is 1.45. The summed E-state index contributed by atoms with van der Waals surface area (Å²) in [5, 5.41) is 12.4. The van der Waals surface area contributed by atoms with Gasteiger partial charge >= 0.3 is 5.97 Å². The van der Waals surface area contributed by atoms with Gasteiger partial charge in [0.1, 0.15) is 5.75 Å². The summed E-state index contributed by atoms with van der Waals surface area (Å²) in [6, 6.07) is 24.7. The van der Waals surface area contributed by atoms with E-state index >= 15 is 0 Å². The molecule has 0 amide bonds. The first-order chi connectivity index (χ1) is 15.1. The van der Waals surface area contributed by atoms with Gasteiger partial charge in [-0.25, -0.2) is 4.79 Å². The number of allylic oxidation sites excluding steroid dienone is 2. The van der Waals surface area contributed by atoms with Crippen molar-refractivity contribution in [1.82, 2.24) is 0 Å². The maximum Gasteiger partial charge on any atom is 0.341 e. The van der Waals surface area contributed by atoms with E-state index in [9.17, 15) is 4.79 Å². The second-order valence-corrected chi connectivity index (χ2v) is 7.91. The Bertz CT molecular complexity index is 1090. The number of aryl methyl sites for hydroxylation is 1. The third kappa shape index (κ3) is 5.15. The van der Waals surface area contributed by atoms with E-state index in [2.05, 4.69) is 54.7 Å². The summed E-state index contributed by atoms with van der Waals surface area (Å²) in [4.78, 5) is 10.9. The summed E-state index contributed by atoms with van der Waals surface area (Å²) < 4.78 is 5.55. The van der Waals surface area contributed by atoms with Gasteiger partial charge in [0, 0.05) is 16.9 Å². The fourth-order valence-corrected chi connectivity index (χ4v) is 4.13. The van der Waals surface area contributed by atoms with Gasteiger partial charge in [-0.3, -0.25) is 0 Å². The summed E-state index contributed by atoms with van der Waals surface area (Å²) in [6.07, 6.45) is 3.78. The number of ether oxygens (including phenoxy) is 1. The van der Waals surface area contributed by atoms with Crippen LogP contribution >= 0.6 is 0 Å². The molecule has 2 N–H and O–H groups in total. The van der Waals surface area contributed by atoms with Crippen molar-refractivity contribution in [2.24, 2.45) is 0 Å². The van der Waals surface area contributed by atoms with Crippen molar-refractivity contribution in [3.05, 3.63) is 95.1 Å². The zero-order valence-corrected chi connectivity index (χ0v) is 17.7. The number of rotatable bonds is 8. The number of anilines is 2. The van der Waals surface area contributed by atoms with Crippen LogP contribution in [0, 0.1) is 0 Å². The third-order valence-electron chi connectivity index (χ3n) is 5.75. The average Bonchev–Trinajstić information content (AvgIpc) is 2.78. The first-order valence-electron chi connectivity index (χ1n) is 10.7. The molecule has 158 valence electrons. The van der Waals surface area contributed by atoms with Crippen LogP contribution in [0.2, 0.25) is 0 Å². The van der Waals surface area contributed by atoms with E-state index in [4.69, 9.17) is 9.84 Å². The van der Waals surface area contributed by atoms with Crippen molar-refractivity contribution in [2.45, 2.75) is 32.6 Å². The Kier molecular flexibility index (Phi) is 6.37. The number of para-hydroxylation sites is 1. The van der Waals surface area contributed by atoms with Crippen molar-refractivity contribution < 1.29 is 14.6 Å². The number of carboxylic acid groups (broad SMARTS) is 1. The van der Waals surface area contributed by atoms with Crippen LogP contribution in [0.3, 0.4) is 0 Å². The van der Waals surface area contributed by atoms with Crippen LogP contribution in [0.1, 0.15) is 36.5 Å². The maximum atomic E-state index is 10.9. The lowest BCUT2D eigenvalue weighted by Crippen LogP contribution is -2.13. The summed E-state index contributed by atoms with van der Waals surface area (Å²) in [5.74, 6) is -0.258. The van der Waals surface area contributed by atoms with E-state index in [1.165, 1.54) is 22.3 Å². The molecular formula is C27H27NO3. The first-order valence-corrected chi connectivity index (χ1v) is 10.7. The number of nitrogens with one attached hydrogen (secondary N) is 1. The van der Waals surface area contributed by atoms with Gasteiger partial charge in [-0.2, -0.15) is 0 Å². The molecule has 1 aliphatic carbocycles. The van der Waals surface area contributed by atoms with Crippen LogP contribution in [0.4, 0.5) is 11.4 Å². The molecule has 0 spiro atoms. The van der Waals surface area contributed by atoms with Gasteiger partial charge in [0.2, 0.25) is 0 Å². The molecule has 0 saturated carbocycles. The molecule has 0 fully saturated rings. The molecule has 0 aliphatic heterocycles. The lowest BCUT2D eigenvalue weighted by atomic mass is 9.83. The molecule has 3 aromatic rings. The zero-order chi connectivity index (χ0) is 21.6. The van der Waals surface area contributed by atoms with Gasteiger partial charge in [0.25, 0.3) is 0 Å². The Morgan fingerprint density at radius 3 is 2.39 bits per heavy atom. The predicted octanol–water partition coefficient (Wildman–Crippen LogP) is 6.25. The van der Waals surface area contributed by atoms with Gasteiger partial charge in [-0.05, 0) is 79.6 Å². The monoisotopic (exact) mass is 413 g/mol. The lowest BCUT2D eigenvalue weighted by Gasteiger charge is -2.24. The highest BCUT2D eigenvalue weighted by Crippen LogP contribution is 2.38. The molecule has 4 heteroatoms. The van der Waals surface area contributed by atoms with Crippen molar-refractivity contribution in [3.8, 4) is 5.75 Å². The number of hydrogen-bond donors (Lipinski definition) is 2. The minimum Gasteiger partial charge on any atom is -0.482 e. The fraction of sp³-hybridized carbons (Fsp3) is 0.222. The largest absolute Gasteiger partial charge is 0.482 e. The highest BCUT2D eigenvalue weighted by molar-refractivity contribution is 5.75. The predicted molar refractivity (Wildman–Crippen MR) is 125 cm³/mol. The van der Waals surface area contributed by atoms with E-state index in [1.807, 2.05) is 30.3 Å². The first kappa shape index (κ1) is 20.7. The van der Waals surface area contributed by atoms with Crippen LogP contribution in [-0.4, -0.2) is 17.7 Å². The van der Waals surface area contributed by atoms with Gasteiger partial charge in [-0.1, -0.05) is 48.0 Å². The smallest absolute Gasteiger partial charge is 0.341 e. The second kappa shape index (κ2) is 9.52. The average molecular weight is 414 g/mol. The van der Waals surface area contributed by atoms with Crippen molar-refractivity contribution in [1.29, 1.82) is 0 Å². The van der Waals surface area contributed by atoms with Gasteiger partial charge in [-0.15, -0.1) is 0 Å². The summed E-state index contributed by atoms with van der Waals surface area (Å²) in [7, 11) is 0. The van der Waals surface area contributed by atoms with Crippen LogP contribution < -0.4 is 10.1 Å². The summed E-state index contributed by atoms with van der Waals surface area (Å²) >= 11 is 0. The molecule has 0 radical (unpaired) electrons. The SMILES string of the molecule is CC1=C(CCc2ccc(Nc3ccccc3)cc2)c2cccc(OCC(=O)O)c2CC1. The zero-order valence-electron chi connectivity index (χ0n) is 17.7. The number of carbonyl (C=O) groups is 1. The van der Waals surface area contributed by atoms with E-state index in [0.717, 1.165) is 42.6 Å². The van der Waals surface area contributed by atoms with E-state index < -0.39 is 5.97 Å². The molecule has 4 rings (SSSR count). The number of carboxylic acids is 1. The van der Waals surface area contributed by atoms with E-state index in [0.29, 0.717) is 5.75 Å². The van der Waals surface area contributed by atoms with E-state index in [-0.39, 0.29) is 6.61 Å². The molecule has 0 heterocycles. The Morgan fingerprint density at radius 1 is 0.903 bits per heavy atom. The molecule has 0 saturated heterocycles. The highest BCUT2D eigenvalue weighted by Gasteiger charge is 2.20. The number of fused-ring (bicyclic) bond motifs is 1.